The molecule has 4 nitrogen and oxygen atoms in total. The molecule has 2 atom stereocenters. The van der Waals surface area contributed by atoms with Crippen molar-refractivity contribution in [3.63, 3.8) is 0 Å². The Kier molecular flexibility index (Phi) is 9.94. The van der Waals surface area contributed by atoms with E-state index in [9.17, 15) is 10.2 Å². The highest BCUT2D eigenvalue weighted by atomic mass is 16.8. The van der Waals surface area contributed by atoms with Crippen molar-refractivity contribution >= 4 is 0 Å². The standard InChI is InChI=1S/C21H42O4/c1-5-9-13-19(17-22)20(18-23,14-10-6-2)25-21(24-19,15-11-7-3)16-12-8-4/h22-23H,5-18H2,1-4H3. The highest BCUT2D eigenvalue weighted by Crippen LogP contribution is 2.52. The van der Waals surface area contributed by atoms with Crippen LogP contribution in [0, 0.1) is 0 Å². The van der Waals surface area contributed by atoms with E-state index in [2.05, 4.69) is 27.7 Å². The Balaban J connectivity index is 3.22. The van der Waals surface area contributed by atoms with Crippen LogP contribution < -0.4 is 0 Å². The third-order valence-corrected chi connectivity index (χ3v) is 5.79. The third-order valence-electron chi connectivity index (χ3n) is 5.79. The zero-order valence-corrected chi connectivity index (χ0v) is 17.1. The topological polar surface area (TPSA) is 58.9 Å². The minimum Gasteiger partial charge on any atom is -0.393 e. The minimum atomic E-state index is -0.783. The lowest BCUT2D eigenvalue weighted by atomic mass is 9.77. The molecule has 1 aliphatic heterocycles. The molecule has 0 spiro atoms. The zero-order valence-electron chi connectivity index (χ0n) is 17.1. The lowest BCUT2D eigenvalue weighted by Gasteiger charge is -2.40. The van der Waals surface area contributed by atoms with Crippen molar-refractivity contribution in [2.24, 2.45) is 0 Å². The van der Waals surface area contributed by atoms with Gasteiger partial charge in [0, 0.05) is 12.8 Å². The first-order valence-corrected chi connectivity index (χ1v) is 10.6. The minimum absolute atomic E-state index is 0.0860. The number of aliphatic hydroxyl groups excluding tert-OH is 2. The molecule has 0 aromatic heterocycles. The van der Waals surface area contributed by atoms with E-state index in [1.165, 1.54) is 0 Å². The Hall–Kier alpha value is -0.160. The average Bonchev–Trinajstić information content (AvgIpc) is 2.92. The number of hydrogen-bond acceptors (Lipinski definition) is 4. The summed E-state index contributed by atoms with van der Waals surface area (Å²) in [5.41, 5.74) is -1.57. The molecule has 2 N–H and O–H groups in total. The predicted octanol–water partition coefficient (Wildman–Crippen LogP) is 4.95. The molecular weight excluding hydrogens is 316 g/mol. The predicted molar refractivity (Wildman–Crippen MR) is 103 cm³/mol. The first-order valence-electron chi connectivity index (χ1n) is 10.6. The monoisotopic (exact) mass is 358 g/mol. The van der Waals surface area contributed by atoms with Gasteiger partial charge in [-0.2, -0.15) is 0 Å². The van der Waals surface area contributed by atoms with Crippen LogP contribution in [-0.2, 0) is 9.47 Å². The number of rotatable bonds is 14. The Morgan fingerprint density at radius 3 is 1.16 bits per heavy atom. The molecule has 0 saturated carbocycles. The van der Waals surface area contributed by atoms with Gasteiger partial charge in [-0.05, 0) is 25.7 Å². The summed E-state index contributed by atoms with van der Waals surface area (Å²) in [5, 5.41) is 20.8. The van der Waals surface area contributed by atoms with E-state index in [-0.39, 0.29) is 13.2 Å². The van der Waals surface area contributed by atoms with Gasteiger partial charge in [0.15, 0.2) is 5.79 Å². The first-order chi connectivity index (χ1) is 12.0. The third kappa shape index (κ3) is 5.18. The van der Waals surface area contributed by atoms with Gasteiger partial charge in [0.1, 0.15) is 11.2 Å². The van der Waals surface area contributed by atoms with Gasteiger partial charge in [0.05, 0.1) is 13.2 Å². The van der Waals surface area contributed by atoms with Crippen LogP contribution in [0.3, 0.4) is 0 Å². The summed E-state index contributed by atoms with van der Waals surface area (Å²) >= 11 is 0. The molecule has 1 aliphatic rings. The Bertz CT molecular complexity index is 326. The molecule has 0 amide bonds. The summed E-state index contributed by atoms with van der Waals surface area (Å²) in [6, 6.07) is 0. The summed E-state index contributed by atoms with van der Waals surface area (Å²) in [4.78, 5) is 0. The summed E-state index contributed by atoms with van der Waals surface area (Å²) in [6.07, 6.45) is 11.4. The van der Waals surface area contributed by atoms with Crippen LogP contribution in [0.2, 0.25) is 0 Å². The van der Waals surface area contributed by atoms with Crippen LogP contribution >= 0.6 is 0 Å². The van der Waals surface area contributed by atoms with E-state index < -0.39 is 17.0 Å². The van der Waals surface area contributed by atoms with E-state index >= 15 is 0 Å². The summed E-state index contributed by atoms with van der Waals surface area (Å²) < 4.78 is 13.3. The highest BCUT2D eigenvalue weighted by Gasteiger charge is 2.64. The number of ether oxygens (including phenoxy) is 2. The molecule has 0 bridgehead atoms. The van der Waals surface area contributed by atoms with Crippen molar-refractivity contribution in [1.29, 1.82) is 0 Å². The van der Waals surface area contributed by atoms with Crippen molar-refractivity contribution in [3.8, 4) is 0 Å². The second-order valence-electron chi connectivity index (χ2n) is 7.83. The maximum atomic E-state index is 10.4. The van der Waals surface area contributed by atoms with Gasteiger partial charge in [0.25, 0.3) is 0 Å². The van der Waals surface area contributed by atoms with Crippen molar-refractivity contribution < 1.29 is 19.7 Å². The summed E-state index contributed by atoms with van der Waals surface area (Å²) in [6.45, 7) is 8.48. The Morgan fingerprint density at radius 2 is 0.880 bits per heavy atom. The van der Waals surface area contributed by atoms with E-state index in [4.69, 9.17) is 9.47 Å². The van der Waals surface area contributed by atoms with E-state index in [1.54, 1.807) is 0 Å². The van der Waals surface area contributed by atoms with Crippen LogP contribution in [0.15, 0.2) is 0 Å². The van der Waals surface area contributed by atoms with Crippen molar-refractivity contribution in [2.45, 2.75) is 122 Å². The maximum Gasteiger partial charge on any atom is 0.170 e. The molecule has 2 unspecified atom stereocenters. The Morgan fingerprint density at radius 1 is 0.560 bits per heavy atom. The van der Waals surface area contributed by atoms with Crippen LogP contribution in [0.5, 0.6) is 0 Å². The SMILES string of the molecule is CCCCC1(CCCC)OC(CO)(CCCC)C(CO)(CCCC)O1. The zero-order chi connectivity index (χ0) is 18.8. The number of aliphatic hydroxyl groups is 2. The number of hydrogen-bond donors (Lipinski definition) is 2. The van der Waals surface area contributed by atoms with E-state index in [0.29, 0.717) is 0 Å². The lowest BCUT2D eigenvalue weighted by molar-refractivity contribution is -0.213. The quantitative estimate of drug-likeness (QED) is 0.461. The molecule has 0 aromatic carbocycles. The molecule has 1 heterocycles. The average molecular weight is 359 g/mol. The first kappa shape index (κ1) is 22.9. The van der Waals surface area contributed by atoms with Gasteiger partial charge in [-0.1, -0.05) is 66.2 Å². The summed E-state index contributed by atoms with van der Waals surface area (Å²) in [5.74, 6) is -0.654. The molecule has 150 valence electrons. The highest BCUT2D eigenvalue weighted by molar-refractivity contribution is 5.09. The van der Waals surface area contributed by atoms with Crippen LogP contribution in [-0.4, -0.2) is 40.4 Å². The molecule has 25 heavy (non-hydrogen) atoms. The van der Waals surface area contributed by atoms with Crippen LogP contribution in [0.25, 0.3) is 0 Å². The van der Waals surface area contributed by atoms with Crippen LogP contribution in [0.1, 0.15) is 105 Å². The fourth-order valence-corrected chi connectivity index (χ4v) is 4.13. The van der Waals surface area contributed by atoms with Crippen LogP contribution in [0.4, 0.5) is 0 Å². The second kappa shape index (κ2) is 10.9. The van der Waals surface area contributed by atoms with E-state index in [1.807, 2.05) is 0 Å². The molecule has 1 saturated heterocycles. The molecular formula is C21H42O4. The Labute approximate surface area is 155 Å². The maximum absolute atomic E-state index is 10.4. The number of unbranched alkanes of at least 4 members (excludes halogenated alkanes) is 4. The smallest absolute Gasteiger partial charge is 0.170 e. The molecule has 4 heteroatoms. The van der Waals surface area contributed by atoms with Crippen molar-refractivity contribution in [3.05, 3.63) is 0 Å². The largest absolute Gasteiger partial charge is 0.393 e. The van der Waals surface area contributed by atoms with Gasteiger partial charge in [-0.15, -0.1) is 0 Å². The fourth-order valence-electron chi connectivity index (χ4n) is 4.13. The van der Waals surface area contributed by atoms with Gasteiger partial charge >= 0.3 is 0 Å². The van der Waals surface area contributed by atoms with Crippen molar-refractivity contribution in [1.82, 2.24) is 0 Å². The fraction of sp³-hybridized carbons (Fsp3) is 1.00. The molecule has 0 aromatic rings. The van der Waals surface area contributed by atoms with Gasteiger partial charge in [0.2, 0.25) is 0 Å². The summed E-state index contributed by atoms with van der Waals surface area (Å²) in [7, 11) is 0. The lowest BCUT2D eigenvalue weighted by Crippen LogP contribution is -2.56. The molecule has 0 radical (unpaired) electrons. The molecule has 0 aliphatic carbocycles. The van der Waals surface area contributed by atoms with E-state index in [0.717, 1.165) is 77.0 Å². The molecule has 1 fully saturated rings. The van der Waals surface area contributed by atoms with Crippen molar-refractivity contribution in [2.75, 3.05) is 13.2 Å². The van der Waals surface area contributed by atoms with Gasteiger partial charge < -0.3 is 19.7 Å². The normalized spacial score (nSPS) is 28.6. The molecule has 1 rings (SSSR count). The van der Waals surface area contributed by atoms with Gasteiger partial charge in [-0.25, -0.2) is 0 Å². The van der Waals surface area contributed by atoms with Gasteiger partial charge in [-0.3, -0.25) is 0 Å². The second-order valence-corrected chi connectivity index (χ2v) is 7.83.